The molecular weight excluding hydrogens is 478 g/mol. The van der Waals surface area contributed by atoms with Gasteiger partial charge in [0.15, 0.2) is 5.78 Å². The van der Waals surface area contributed by atoms with Gasteiger partial charge in [0.2, 0.25) is 0 Å². The van der Waals surface area contributed by atoms with Gasteiger partial charge in [-0.25, -0.2) is 4.79 Å². The Balaban J connectivity index is 1.56. The number of alkyl carbamates (subject to hydrolysis) is 1. The number of fused-ring (bicyclic) bond motifs is 1. The number of hydrogen-bond acceptors (Lipinski definition) is 8. The Kier molecular flexibility index (Phi) is 10.9. The Hall–Kier alpha value is -2.98. The van der Waals surface area contributed by atoms with Crippen molar-refractivity contribution < 1.29 is 33.8 Å². The molecular formula is C27H39N3O7. The lowest BCUT2D eigenvalue weighted by Gasteiger charge is -2.44. The predicted octanol–water partition coefficient (Wildman–Crippen LogP) is 2.40. The molecule has 1 aromatic carbocycles. The molecule has 2 fully saturated rings. The minimum Gasteiger partial charge on any atom is -0.480 e. The summed E-state index contributed by atoms with van der Waals surface area (Å²) in [4.78, 5) is 49.9. The van der Waals surface area contributed by atoms with E-state index in [0.29, 0.717) is 6.42 Å². The summed E-state index contributed by atoms with van der Waals surface area (Å²) < 4.78 is 10.4. The summed E-state index contributed by atoms with van der Waals surface area (Å²) >= 11 is 0. The number of amides is 1. The summed E-state index contributed by atoms with van der Waals surface area (Å²) in [5, 5.41) is 18.4. The summed E-state index contributed by atoms with van der Waals surface area (Å²) in [6, 6.07) is 6.40. The number of esters is 1. The number of carboxylic acids is 1. The van der Waals surface area contributed by atoms with Crippen LogP contribution in [0.5, 0.6) is 0 Å². The highest BCUT2D eigenvalue weighted by Crippen LogP contribution is 2.39. The summed E-state index contributed by atoms with van der Waals surface area (Å²) in [7, 11) is 0. The van der Waals surface area contributed by atoms with E-state index in [1.807, 2.05) is 30.3 Å². The Labute approximate surface area is 217 Å². The van der Waals surface area contributed by atoms with Crippen LogP contribution in [0.2, 0.25) is 0 Å². The van der Waals surface area contributed by atoms with E-state index in [4.69, 9.17) is 9.47 Å². The summed E-state index contributed by atoms with van der Waals surface area (Å²) in [5.41, 5.74) is 0.859. The van der Waals surface area contributed by atoms with Crippen LogP contribution >= 0.6 is 0 Å². The van der Waals surface area contributed by atoms with Gasteiger partial charge >= 0.3 is 18.0 Å². The first-order valence-electron chi connectivity index (χ1n) is 13.2. The number of benzene rings is 1. The smallest absolute Gasteiger partial charge is 0.407 e. The number of carbonyl (C=O) groups excluding carboxylic acids is 3. The van der Waals surface area contributed by atoms with Crippen molar-refractivity contribution in [1.82, 2.24) is 16.0 Å². The SMILES string of the molecule is CCOC(=O)C(CCNC(=O)OCc1ccccc1)N[C@@H](C)C(=O)C1NC(C(=O)O)CC2CCCCC21. The third-order valence-corrected chi connectivity index (χ3v) is 7.28. The maximum Gasteiger partial charge on any atom is 0.407 e. The molecule has 1 saturated heterocycles. The average Bonchev–Trinajstić information content (AvgIpc) is 2.90. The Bertz CT molecular complexity index is 926. The molecule has 6 atom stereocenters. The lowest BCUT2D eigenvalue weighted by atomic mass is 9.68. The normalized spacial score (nSPS) is 24.7. The molecule has 3 rings (SSSR count). The van der Waals surface area contributed by atoms with E-state index in [0.717, 1.165) is 31.2 Å². The minimum absolute atomic E-state index is 0.0863. The molecule has 2 aliphatic rings. The molecule has 5 unspecified atom stereocenters. The van der Waals surface area contributed by atoms with Gasteiger partial charge < -0.3 is 19.9 Å². The van der Waals surface area contributed by atoms with E-state index in [1.165, 1.54) is 0 Å². The van der Waals surface area contributed by atoms with Gasteiger partial charge in [0.25, 0.3) is 0 Å². The molecule has 10 heteroatoms. The lowest BCUT2D eigenvalue weighted by Crippen LogP contribution is -2.62. The van der Waals surface area contributed by atoms with Gasteiger partial charge in [-0.2, -0.15) is 0 Å². The Morgan fingerprint density at radius 2 is 1.84 bits per heavy atom. The zero-order valence-electron chi connectivity index (χ0n) is 21.6. The number of rotatable bonds is 12. The number of nitrogens with one attached hydrogen (secondary N) is 3. The summed E-state index contributed by atoms with van der Waals surface area (Å²) in [6.07, 6.45) is 3.99. The van der Waals surface area contributed by atoms with Gasteiger partial charge in [-0.1, -0.05) is 49.6 Å². The van der Waals surface area contributed by atoms with E-state index >= 15 is 0 Å². The van der Waals surface area contributed by atoms with Crippen molar-refractivity contribution in [2.24, 2.45) is 11.8 Å². The van der Waals surface area contributed by atoms with E-state index in [9.17, 15) is 24.3 Å². The lowest BCUT2D eigenvalue weighted by molar-refractivity contribution is -0.146. The number of carboxylic acid groups (broad SMARTS) is 1. The van der Waals surface area contributed by atoms with Crippen molar-refractivity contribution >= 4 is 23.8 Å². The molecule has 0 spiro atoms. The Morgan fingerprint density at radius 1 is 1.11 bits per heavy atom. The molecule has 0 radical (unpaired) electrons. The highest BCUT2D eigenvalue weighted by atomic mass is 16.5. The van der Waals surface area contributed by atoms with Crippen LogP contribution in [0.25, 0.3) is 0 Å². The molecule has 1 saturated carbocycles. The largest absolute Gasteiger partial charge is 0.480 e. The standard InChI is InChI=1S/C27H39N3O7/c1-3-36-26(34)21(13-14-28-27(35)37-16-18-9-5-4-6-10-18)29-17(2)24(31)23-20-12-8-7-11-19(20)15-22(30-23)25(32)33/h4-6,9-10,17,19-23,29-30H,3,7-8,11-16H2,1-2H3,(H,28,35)(H,32,33)/t17-,19?,20?,21?,22?,23?/m0/s1. The van der Waals surface area contributed by atoms with Crippen molar-refractivity contribution in [3.05, 3.63) is 35.9 Å². The molecule has 10 nitrogen and oxygen atoms in total. The number of ketones is 1. The van der Waals surface area contributed by atoms with Crippen molar-refractivity contribution in [1.29, 1.82) is 0 Å². The first-order valence-corrected chi connectivity index (χ1v) is 13.2. The highest BCUT2D eigenvalue weighted by Gasteiger charge is 2.45. The maximum absolute atomic E-state index is 13.5. The molecule has 1 amide bonds. The van der Waals surface area contributed by atoms with Crippen molar-refractivity contribution in [3.63, 3.8) is 0 Å². The van der Waals surface area contributed by atoms with Gasteiger partial charge in [-0.15, -0.1) is 0 Å². The molecule has 37 heavy (non-hydrogen) atoms. The van der Waals surface area contributed by atoms with E-state index in [1.54, 1.807) is 13.8 Å². The third kappa shape index (κ3) is 8.26. The number of aliphatic carboxylic acids is 1. The van der Waals surface area contributed by atoms with Crippen LogP contribution in [0.3, 0.4) is 0 Å². The average molecular weight is 518 g/mol. The van der Waals surface area contributed by atoms with E-state index in [2.05, 4.69) is 16.0 Å². The second kappa shape index (κ2) is 14.1. The molecule has 4 N–H and O–H groups in total. The molecule has 1 aromatic rings. The molecule has 1 aliphatic heterocycles. The van der Waals surface area contributed by atoms with Crippen LogP contribution in [0.4, 0.5) is 4.79 Å². The fourth-order valence-electron chi connectivity index (χ4n) is 5.40. The topological polar surface area (TPSA) is 143 Å². The second-order valence-electron chi connectivity index (χ2n) is 9.85. The van der Waals surface area contributed by atoms with Crippen LogP contribution in [-0.2, 0) is 30.5 Å². The van der Waals surface area contributed by atoms with Gasteiger partial charge in [0.05, 0.1) is 18.7 Å². The second-order valence-corrected chi connectivity index (χ2v) is 9.85. The first-order chi connectivity index (χ1) is 17.8. The summed E-state index contributed by atoms with van der Waals surface area (Å²) in [5.74, 6) is -1.34. The van der Waals surface area contributed by atoms with Crippen LogP contribution < -0.4 is 16.0 Å². The molecule has 204 valence electrons. The van der Waals surface area contributed by atoms with Gasteiger partial charge in [0, 0.05) is 6.54 Å². The van der Waals surface area contributed by atoms with Gasteiger partial charge in [-0.3, -0.25) is 25.0 Å². The molecule has 0 aromatic heterocycles. The number of Topliss-reactive ketones (excluding diaryl/α,β-unsaturated/α-hetero) is 1. The van der Waals surface area contributed by atoms with Crippen LogP contribution in [0.15, 0.2) is 30.3 Å². The Morgan fingerprint density at radius 3 is 2.54 bits per heavy atom. The molecule has 1 aliphatic carbocycles. The zero-order chi connectivity index (χ0) is 26.8. The fourth-order valence-corrected chi connectivity index (χ4v) is 5.40. The monoisotopic (exact) mass is 517 g/mol. The quantitative estimate of drug-likeness (QED) is 0.307. The summed E-state index contributed by atoms with van der Waals surface area (Å²) in [6.45, 7) is 3.83. The maximum atomic E-state index is 13.5. The van der Waals surface area contributed by atoms with E-state index < -0.39 is 42.2 Å². The minimum atomic E-state index is -0.947. The van der Waals surface area contributed by atoms with Gasteiger partial charge in [0.1, 0.15) is 18.7 Å². The van der Waals surface area contributed by atoms with Crippen molar-refractivity contribution in [2.75, 3.05) is 13.2 Å². The number of carbonyl (C=O) groups is 4. The molecule has 1 heterocycles. The van der Waals surface area contributed by atoms with Crippen molar-refractivity contribution in [2.45, 2.75) is 83.1 Å². The number of piperidine rings is 1. The van der Waals surface area contributed by atoms with E-state index in [-0.39, 0.29) is 43.8 Å². The van der Waals surface area contributed by atoms with Crippen LogP contribution in [0, 0.1) is 11.8 Å². The first kappa shape index (κ1) is 28.6. The molecule has 0 bridgehead atoms. The predicted molar refractivity (Wildman–Crippen MR) is 136 cm³/mol. The third-order valence-electron chi connectivity index (χ3n) is 7.28. The zero-order valence-corrected chi connectivity index (χ0v) is 21.6. The van der Waals surface area contributed by atoms with Crippen molar-refractivity contribution in [3.8, 4) is 0 Å². The van der Waals surface area contributed by atoms with Gasteiger partial charge in [-0.05, 0) is 50.5 Å². The van der Waals surface area contributed by atoms with Crippen LogP contribution in [0.1, 0.15) is 57.9 Å². The fraction of sp³-hybridized carbons (Fsp3) is 0.630. The highest BCUT2D eigenvalue weighted by molar-refractivity contribution is 5.90. The number of ether oxygens (including phenoxy) is 2. The van der Waals surface area contributed by atoms with Crippen LogP contribution in [-0.4, -0.2) is 66.2 Å². The number of hydrogen-bond donors (Lipinski definition) is 4.